The largest absolute Gasteiger partial charge is 0.320 e. The highest BCUT2D eigenvalue weighted by Crippen LogP contribution is 2.27. The lowest BCUT2D eigenvalue weighted by Gasteiger charge is -2.24. The number of aryl methyl sites for hydroxylation is 2. The fourth-order valence-corrected chi connectivity index (χ4v) is 2.25. The van der Waals surface area contributed by atoms with Gasteiger partial charge in [0.1, 0.15) is 5.82 Å². The molecule has 2 aromatic heterocycles. The van der Waals surface area contributed by atoms with Gasteiger partial charge in [0.2, 0.25) is 0 Å². The molecule has 0 radical (unpaired) electrons. The van der Waals surface area contributed by atoms with Crippen molar-refractivity contribution in [3.05, 3.63) is 46.3 Å². The summed E-state index contributed by atoms with van der Waals surface area (Å²) in [4.78, 5) is 4.04. The third-order valence-electron chi connectivity index (χ3n) is 3.11. The molecule has 0 fully saturated rings. The first-order chi connectivity index (χ1) is 8.81. The topological polar surface area (TPSA) is 56.7 Å². The maximum absolute atomic E-state index is 12.9. The molecule has 0 saturated heterocycles. The second-order valence-corrected chi connectivity index (χ2v) is 5.30. The Bertz CT molecular complexity index is 589. The molecule has 1 unspecified atom stereocenters. The molecular weight excluding hydrogens is 267 g/mol. The van der Waals surface area contributed by atoms with Crippen LogP contribution in [-0.4, -0.2) is 14.8 Å². The molecule has 6 heteroatoms. The molecule has 0 aliphatic heterocycles. The van der Waals surface area contributed by atoms with Crippen LogP contribution >= 0.6 is 11.6 Å². The zero-order valence-corrected chi connectivity index (χ0v) is 11.9. The maximum atomic E-state index is 12.9. The summed E-state index contributed by atoms with van der Waals surface area (Å²) in [5, 5.41) is 4.86. The van der Waals surface area contributed by atoms with Gasteiger partial charge < -0.3 is 5.73 Å². The Morgan fingerprint density at radius 3 is 2.63 bits per heavy atom. The van der Waals surface area contributed by atoms with Gasteiger partial charge in [-0.05, 0) is 26.0 Å². The van der Waals surface area contributed by atoms with E-state index in [1.807, 2.05) is 20.9 Å². The Morgan fingerprint density at radius 2 is 2.16 bits per heavy atom. The predicted octanol–water partition coefficient (Wildman–Crippen LogP) is 2.33. The summed E-state index contributed by atoms with van der Waals surface area (Å²) in [7, 11) is 1.82. The molecule has 2 heterocycles. The fraction of sp³-hybridized carbons (Fsp3) is 0.385. The van der Waals surface area contributed by atoms with Gasteiger partial charge >= 0.3 is 0 Å². The van der Waals surface area contributed by atoms with Crippen LogP contribution in [0.4, 0.5) is 4.39 Å². The van der Waals surface area contributed by atoms with E-state index < -0.39 is 5.54 Å². The van der Waals surface area contributed by atoms with Crippen LogP contribution in [0.5, 0.6) is 0 Å². The van der Waals surface area contributed by atoms with Gasteiger partial charge in [-0.25, -0.2) is 4.39 Å². The van der Waals surface area contributed by atoms with Crippen molar-refractivity contribution in [3.8, 4) is 0 Å². The first-order valence-corrected chi connectivity index (χ1v) is 6.28. The molecule has 0 aromatic carbocycles. The molecule has 4 nitrogen and oxygen atoms in total. The SMILES string of the molecule is Cc1nn(C)c(CC(C)(N)c2ccc(F)cn2)c1Cl. The van der Waals surface area contributed by atoms with Crippen molar-refractivity contribution < 1.29 is 4.39 Å². The number of nitrogens with two attached hydrogens (primary N) is 1. The Morgan fingerprint density at radius 1 is 1.47 bits per heavy atom. The number of aromatic nitrogens is 3. The summed E-state index contributed by atoms with van der Waals surface area (Å²) in [5.74, 6) is -0.381. The zero-order chi connectivity index (χ0) is 14.2. The number of nitrogens with zero attached hydrogens (tertiary/aromatic N) is 3. The number of hydrogen-bond donors (Lipinski definition) is 1. The van der Waals surface area contributed by atoms with Crippen molar-refractivity contribution in [2.45, 2.75) is 25.8 Å². The highest BCUT2D eigenvalue weighted by atomic mass is 35.5. The minimum absolute atomic E-state index is 0.381. The Hall–Kier alpha value is -1.46. The van der Waals surface area contributed by atoms with Crippen molar-refractivity contribution >= 4 is 11.6 Å². The smallest absolute Gasteiger partial charge is 0.141 e. The summed E-state index contributed by atoms with van der Waals surface area (Å²) < 4.78 is 14.6. The van der Waals surface area contributed by atoms with E-state index in [9.17, 15) is 4.39 Å². The minimum atomic E-state index is -0.739. The molecule has 0 saturated carbocycles. The lowest BCUT2D eigenvalue weighted by molar-refractivity contribution is 0.456. The van der Waals surface area contributed by atoms with Crippen LogP contribution in [0.2, 0.25) is 5.02 Å². The lowest BCUT2D eigenvalue weighted by Crippen LogP contribution is -2.37. The van der Waals surface area contributed by atoms with Gasteiger partial charge in [0.05, 0.1) is 33.8 Å². The molecule has 2 aromatic rings. The van der Waals surface area contributed by atoms with Gasteiger partial charge in [0.15, 0.2) is 0 Å². The summed E-state index contributed by atoms with van der Waals surface area (Å²) in [6, 6.07) is 2.94. The van der Waals surface area contributed by atoms with E-state index in [-0.39, 0.29) is 5.82 Å². The molecule has 102 valence electrons. The Balaban J connectivity index is 2.33. The third kappa shape index (κ3) is 2.77. The van der Waals surface area contributed by atoms with E-state index in [2.05, 4.69) is 10.1 Å². The molecule has 1 atom stereocenters. The second kappa shape index (κ2) is 4.90. The standard InChI is InChI=1S/C13H16ClFN4/c1-8-12(14)10(19(3)18-8)6-13(2,16)11-5-4-9(15)7-17-11/h4-5,7H,6,16H2,1-3H3. The van der Waals surface area contributed by atoms with E-state index in [1.165, 1.54) is 6.07 Å². The van der Waals surface area contributed by atoms with Crippen LogP contribution in [0.1, 0.15) is 24.0 Å². The number of halogens is 2. The van der Waals surface area contributed by atoms with Crippen LogP contribution in [0, 0.1) is 12.7 Å². The third-order valence-corrected chi connectivity index (χ3v) is 3.60. The monoisotopic (exact) mass is 282 g/mol. The van der Waals surface area contributed by atoms with Gasteiger partial charge in [-0.3, -0.25) is 9.67 Å². The van der Waals surface area contributed by atoms with E-state index in [0.717, 1.165) is 17.6 Å². The molecule has 0 spiro atoms. The molecule has 0 aliphatic rings. The summed E-state index contributed by atoms with van der Waals surface area (Å²) in [6.45, 7) is 3.68. The minimum Gasteiger partial charge on any atom is -0.320 e. The van der Waals surface area contributed by atoms with Crippen LogP contribution in [0.25, 0.3) is 0 Å². The van der Waals surface area contributed by atoms with Crippen LogP contribution in [-0.2, 0) is 19.0 Å². The molecule has 0 bridgehead atoms. The van der Waals surface area contributed by atoms with E-state index >= 15 is 0 Å². The summed E-state index contributed by atoms with van der Waals surface area (Å²) >= 11 is 6.21. The van der Waals surface area contributed by atoms with Gasteiger partial charge in [0.25, 0.3) is 0 Å². The molecule has 19 heavy (non-hydrogen) atoms. The van der Waals surface area contributed by atoms with Gasteiger partial charge in [-0.1, -0.05) is 11.6 Å². The first-order valence-electron chi connectivity index (χ1n) is 5.90. The zero-order valence-electron chi connectivity index (χ0n) is 11.1. The van der Waals surface area contributed by atoms with Crippen LogP contribution in [0.3, 0.4) is 0 Å². The normalized spacial score (nSPS) is 14.4. The molecule has 0 amide bonds. The van der Waals surface area contributed by atoms with Gasteiger partial charge in [0, 0.05) is 13.5 Å². The number of rotatable bonds is 3. The van der Waals surface area contributed by atoms with E-state index in [4.69, 9.17) is 17.3 Å². The van der Waals surface area contributed by atoms with Gasteiger partial charge in [-0.2, -0.15) is 5.10 Å². The highest BCUT2D eigenvalue weighted by molar-refractivity contribution is 6.31. The van der Waals surface area contributed by atoms with Gasteiger partial charge in [-0.15, -0.1) is 0 Å². The number of pyridine rings is 1. The van der Waals surface area contributed by atoms with E-state index in [0.29, 0.717) is 17.1 Å². The number of hydrogen-bond acceptors (Lipinski definition) is 3. The average Bonchev–Trinajstić information content (AvgIpc) is 2.56. The fourth-order valence-electron chi connectivity index (χ4n) is 2.02. The first kappa shape index (κ1) is 14.0. The lowest BCUT2D eigenvalue weighted by atomic mass is 9.92. The van der Waals surface area contributed by atoms with Crippen molar-refractivity contribution in [3.63, 3.8) is 0 Å². The molecule has 2 rings (SSSR count). The Kier molecular flexibility index (Phi) is 3.60. The van der Waals surface area contributed by atoms with E-state index in [1.54, 1.807) is 10.7 Å². The maximum Gasteiger partial charge on any atom is 0.141 e. The Labute approximate surface area is 116 Å². The van der Waals surface area contributed by atoms with Crippen molar-refractivity contribution in [1.82, 2.24) is 14.8 Å². The summed E-state index contributed by atoms with van der Waals surface area (Å²) in [5.41, 5.74) is 7.77. The van der Waals surface area contributed by atoms with Crippen molar-refractivity contribution in [2.24, 2.45) is 12.8 Å². The van der Waals surface area contributed by atoms with Crippen molar-refractivity contribution in [2.75, 3.05) is 0 Å². The van der Waals surface area contributed by atoms with Crippen molar-refractivity contribution in [1.29, 1.82) is 0 Å². The molecule has 2 N–H and O–H groups in total. The average molecular weight is 283 g/mol. The predicted molar refractivity (Wildman–Crippen MR) is 72.4 cm³/mol. The van der Waals surface area contributed by atoms with Crippen LogP contribution in [0.15, 0.2) is 18.3 Å². The molecule has 0 aliphatic carbocycles. The molecular formula is C13H16ClFN4. The van der Waals surface area contributed by atoms with Crippen LogP contribution < -0.4 is 5.73 Å². The quantitative estimate of drug-likeness (QED) is 0.940. The second-order valence-electron chi connectivity index (χ2n) is 4.93. The highest BCUT2D eigenvalue weighted by Gasteiger charge is 2.27. The summed E-state index contributed by atoms with van der Waals surface area (Å²) in [6.07, 6.45) is 1.64.